The van der Waals surface area contributed by atoms with Crippen molar-refractivity contribution in [3.8, 4) is 5.75 Å². The number of rotatable bonds is 6. The van der Waals surface area contributed by atoms with Crippen LogP contribution in [0.3, 0.4) is 0 Å². The molecule has 21 heavy (non-hydrogen) atoms. The molecule has 0 aliphatic rings. The summed E-state index contributed by atoms with van der Waals surface area (Å²) < 4.78 is 5.21. The zero-order chi connectivity index (χ0) is 15.4. The summed E-state index contributed by atoms with van der Waals surface area (Å²) in [7, 11) is 1.65. The van der Waals surface area contributed by atoms with Gasteiger partial charge in [-0.2, -0.15) is 0 Å². The Bertz CT molecular complexity index is 637. The van der Waals surface area contributed by atoms with Crippen LogP contribution in [0, 0.1) is 5.92 Å². The van der Waals surface area contributed by atoms with Crippen molar-refractivity contribution in [1.29, 1.82) is 0 Å². The smallest absolute Gasteiger partial charge is 0.320 e. The lowest BCUT2D eigenvalue weighted by Gasteiger charge is -2.18. The molecular formula is C17H21NO3. The fraction of sp³-hybridized carbons (Fsp3) is 0.353. The van der Waals surface area contributed by atoms with Crippen LogP contribution in [0.25, 0.3) is 10.8 Å². The largest absolute Gasteiger partial charge is 0.497 e. The molecule has 112 valence electrons. The van der Waals surface area contributed by atoms with Crippen molar-refractivity contribution in [2.75, 3.05) is 7.11 Å². The van der Waals surface area contributed by atoms with Gasteiger partial charge in [0.25, 0.3) is 0 Å². The Morgan fingerprint density at radius 3 is 2.48 bits per heavy atom. The molecule has 0 spiro atoms. The van der Waals surface area contributed by atoms with Gasteiger partial charge in [0.1, 0.15) is 11.8 Å². The van der Waals surface area contributed by atoms with Gasteiger partial charge in [-0.05, 0) is 40.5 Å². The predicted octanol–water partition coefficient (Wildman–Crippen LogP) is 3.05. The third kappa shape index (κ3) is 3.73. The van der Waals surface area contributed by atoms with E-state index in [-0.39, 0.29) is 5.92 Å². The van der Waals surface area contributed by atoms with E-state index in [1.54, 1.807) is 7.11 Å². The van der Waals surface area contributed by atoms with E-state index in [1.807, 2.05) is 44.2 Å². The third-order valence-electron chi connectivity index (χ3n) is 3.57. The van der Waals surface area contributed by atoms with Crippen molar-refractivity contribution in [2.24, 2.45) is 5.92 Å². The Kier molecular flexibility index (Phi) is 4.81. The fourth-order valence-corrected chi connectivity index (χ4v) is 2.35. The quantitative estimate of drug-likeness (QED) is 0.857. The summed E-state index contributed by atoms with van der Waals surface area (Å²) in [6, 6.07) is 11.5. The van der Waals surface area contributed by atoms with Gasteiger partial charge in [0, 0.05) is 6.54 Å². The highest BCUT2D eigenvalue weighted by Gasteiger charge is 2.20. The number of carbonyl (C=O) groups is 1. The van der Waals surface area contributed by atoms with Gasteiger partial charge in [0.2, 0.25) is 0 Å². The van der Waals surface area contributed by atoms with Crippen molar-refractivity contribution in [3.63, 3.8) is 0 Å². The lowest BCUT2D eigenvalue weighted by molar-refractivity contribution is -0.140. The van der Waals surface area contributed by atoms with Gasteiger partial charge in [-0.15, -0.1) is 0 Å². The molecule has 2 aromatic rings. The number of benzene rings is 2. The maximum Gasteiger partial charge on any atom is 0.320 e. The maximum absolute atomic E-state index is 11.2. The van der Waals surface area contributed by atoms with Crippen LogP contribution in [-0.4, -0.2) is 24.2 Å². The van der Waals surface area contributed by atoms with Crippen molar-refractivity contribution in [3.05, 3.63) is 42.0 Å². The van der Waals surface area contributed by atoms with Crippen molar-refractivity contribution in [1.82, 2.24) is 5.32 Å². The van der Waals surface area contributed by atoms with E-state index >= 15 is 0 Å². The summed E-state index contributed by atoms with van der Waals surface area (Å²) in [6.07, 6.45) is 0. The molecule has 2 aromatic carbocycles. The number of hydrogen-bond acceptors (Lipinski definition) is 3. The van der Waals surface area contributed by atoms with Crippen LogP contribution in [0.1, 0.15) is 19.4 Å². The van der Waals surface area contributed by atoms with Crippen LogP contribution in [0.5, 0.6) is 5.75 Å². The first-order valence-electron chi connectivity index (χ1n) is 7.04. The van der Waals surface area contributed by atoms with Crippen molar-refractivity contribution < 1.29 is 14.6 Å². The Morgan fingerprint density at radius 1 is 1.19 bits per heavy atom. The Hall–Kier alpha value is -2.07. The molecule has 0 unspecified atom stereocenters. The van der Waals surface area contributed by atoms with E-state index in [1.165, 1.54) is 0 Å². The van der Waals surface area contributed by atoms with Crippen LogP contribution < -0.4 is 10.1 Å². The molecule has 0 fully saturated rings. The average molecular weight is 287 g/mol. The standard InChI is InChI=1S/C17H21NO3/c1-11(2)16(17(19)20)18-10-12-4-5-14-9-15(21-3)7-6-13(14)8-12/h4-9,11,16,18H,10H2,1-3H3,(H,19,20)/t16-/m1/s1. The van der Waals surface area contributed by atoms with Gasteiger partial charge >= 0.3 is 5.97 Å². The average Bonchev–Trinajstić information content (AvgIpc) is 2.46. The molecule has 0 saturated heterocycles. The minimum atomic E-state index is -0.810. The van der Waals surface area contributed by atoms with Gasteiger partial charge in [0.15, 0.2) is 0 Å². The van der Waals surface area contributed by atoms with Crippen molar-refractivity contribution in [2.45, 2.75) is 26.4 Å². The van der Waals surface area contributed by atoms with E-state index < -0.39 is 12.0 Å². The van der Waals surface area contributed by atoms with Gasteiger partial charge < -0.3 is 15.2 Å². The number of aliphatic carboxylic acids is 1. The summed E-state index contributed by atoms with van der Waals surface area (Å²) in [5.74, 6) is 0.0712. The number of hydrogen-bond donors (Lipinski definition) is 2. The SMILES string of the molecule is COc1ccc2cc(CN[C@@H](C(=O)O)C(C)C)ccc2c1. The highest BCUT2D eigenvalue weighted by Crippen LogP contribution is 2.22. The summed E-state index contributed by atoms with van der Waals surface area (Å²) >= 11 is 0. The first kappa shape index (κ1) is 15.3. The topological polar surface area (TPSA) is 58.6 Å². The monoisotopic (exact) mass is 287 g/mol. The second-order valence-electron chi connectivity index (χ2n) is 5.49. The second-order valence-corrected chi connectivity index (χ2v) is 5.49. The highest BCUT2D eigenvalue weighted by atomic mass is 16.5. The van der Waals surface area contributed by atoms with Gasteiger partial charge in [-0.1, -0.05) is 32.0 Å². The zero-order valence-corrected chi connectivity index (χ0v) is 12.6. The molecule has 0 amide bonds. The van der Waals surface area contributed by atoms with Crippen LogP contribution in [0.15, 0.2) is 36.4 Å². The molecule has 0 heterocycles. The van der Waals surface area contributed by atoms with E-state index in [2.05, 4.69) is 11.4 Å². The number of ether oxygens (including phenoxy) is 1. The van der Waals surface area contributed by atoms with Crippen molar-refractivity contribution >= 4 is 16.7 Å². The zero-order valence-electron chi connectivity index (χ0n) is 12.6. The van der Waals surface area contributed by atoms with E-state index in [0.717, 1.165) is 22.1 Å². The van der Waals surface area contributed by atoms with E-state index in [0.29, 0.717) is 6.54 Å². The molecule has 4 heteroatoms. The molecular weight excluding hydrogens is 266 g/mol. The Labute approximate surface area is 124 Å². The molecule has 0 bridgehead atoms. The fourth-order valence-electron chi connectivity index (χ4n) is 2.35. The summed E-state index contributed by atoms with van der Waals surface area (Å²) in [5, 5.41) is 14.5. The molecule has 1 atom stereocenters. The summed E-state index contributed by atoms with van der Waals surface area (Å²) in [4.78, 5) is 11.2. The maximum atomic E-state index is 11.2. The number of methoxy groups -OCH3 is 1. The highest BCUT2D eigenvalue weighted by molar-refractivity contribution is 5.84. The summed E-state index contributed by atoms with van der Waals surface area (Å²) in [5.41, 5.74) is 1.07. The van der Waals surface area contributed by atoms with Crippen LogP contribution in [0.4, 0.5) is 0 Å². The number of carboxylic acids is 1. The lowest BCUT2D eigenvalue weighted by Crippen LogP contribution is -2.40. The van der Waals surface area contributed by atoms with E-state index in [4.69, 9.17) is 4.74 Å². The normalized spacial score (nSPS) is 12.6. The predicted molar refractivity (Wildman–Crippen MR) is 83.6 cm³/mol. The molecule has 2 rings (SSSR count). The third-order valence-corrected chi connectivity index (χ3v) is 3.57. The molecule has 4 nitrogen and oxygen atoms in total. The van der Waals surface area contributed by atoms with Crippen LogP contribution in [0.2, 0.25) is 0 Å². The van der Waals surface area contributed by atoms with E-state index in [9.17, 15) is 9.90 Å². The number of carboxylic acid groups (broad SMARTS) is 1. The second kappa shape index (κ2) is 6.59. The molecule has 0 aliphatic heterocycles. The van der Waals surface area contributed by atoms with Crippen LogP contribution >= 0.6 is 0 Å². The first-order valence-corrected chi connectivity index (χ1v) is 7.04. The number of nitrogens with one attached hydrogen (secondary N) is 1. The first-order chi connectivity index (χ1) is 10.0. The number of fused-ring (bicyclic) bond motifs is 1. The molecule has 0 saturated carbocycles. The summed E-state index contributed by atoms with van der Waals surface area (Å²) in [6.45, 7) is 4.34. The van der Waals surface area contributed by atoms with Gasteiger partial charge in [-0.25, -0.2) is 0 Å². The Morgan fingerprint density at radius 2 is 1.86 bits per heavy atom. The minimum absolute atomic E-state index is 0.0483. The Balaban J connectivity index is 2.14. The minimum Gasteiger partial charge on any atom is -0.497 e. The molecule has 0 aromatic heterocycles. The van der Waals surface area contributed by atoms with Crippen LogP contribution in [-0.2, 0) is 11.3 Å². The lowest BCUT2D eigenvalue weighted by atomic mass is 10.0. The van der Waals surface area contributed by atoms with Gasteiger partial charge in [-0.3, -0.25) is 4.79 Å². The molecule has 0 radical (unpaired) electrons. The molecule has 0 aliphatic carbocycles. The van der Waals surface area contributed by atoms with Gasteiger partial charge in [0.05, 0.1) is 7.11 Å². The molecule has 2 N–H and O–H groups in total.